The Bertz CT molecular complexity index is 1230. The van der Waals surface area contributed by atoms with Crippen LogP contribution >= 0.6 is 0 Å². The second kappa shape index (κ2) is 9.23. The van der Waals surface area contributed by atoms with Gasteiger partial charge in [0.05, 0.1) is 4.90 Å². The number of hydrogen-bond donors (Lipinski definition) is 2. The van der Waals surface area contributed by atoms with Crippen molar-refractivity contribution in [1.29, 1.82) is 0 Å². The van der Waals surface area contributed by atoms with Crippen molar-refractivity contribution in [3.05, 3.63) is 76.4 Å². The van der Waals surface area contributed by atoms with Gasteiger partial charge in [-0.1, -0.05) is 35.5 Å². The van der Waals surface area contributed by atoms with Crippen LogP contribution in [0.2, 0.25) is 0 Å². The van der Waals surface area contributed by atoms with Gasteiger partial charge >= 0.3 is 0 Å². The van der Waals surface area contributed by atoms with Crippen LogP contribution in [0.5, 0.6) is 0 Å². The fourth-order valence-electron chi connectivity index (χ4n) is 2.87. The summed E-state index contributed by atoms with van der Waals surface area (Å²) in [7, 11) is -3.80. The summed E-state index contributed by atoms with van der Waals surface area (Å²) in [5, 5.41) is 6.50. The molecule has 2 aromatic carbocycles. The molecule has 1 amide bonds. The smallest absolute Gasteiger partial charge is 0.241 e. The van der Waals surface area contributed by atoms with Gasteiger partial charge in [0.1, 0.15) is 17.2 Å². The number of hydrogen-bond acceptors (Lipinski definition) is 5. The van der Waals surface area contributed by atoms with Crippen molar-refractivity contribution in [2.75, 3.05) is 5.32 Å². The molecule has 162 valence electrons. The molecule has 31 heavy (non-hydrogen) atoms. The van der Waals surface area contributed by atoms with E-state index in [4.69, 9.17) is 4.52 Å². The summed E-state index contributed by atoms with van der Waals surface area (Å²) >= 11 is 0. The normalized spacial score (nSPS) is 11.7. The molecule has 0 spiro atoms. The highest BCUT2D eigenvalue weighted by atomic mass is 32.2. The summed E-state index contributed by atoms with van der Waals surface area (Å²) < 4.78 is 46.4. The fourth-order valence-corrected chi connectivity index (χ4v) is 4.16. The highest BCUT2D eigenvalue weighted by Crippen LogP contribution is 2.24. The quantitative estimate of drug-likeness (QED) is 0.574. The van der Waals surface area contributed by atoms with E-state index in [1.165, 1.54) is 31.2 Å². The standard InChI is InChI=1S/C22H22FN3O4S/c1-14-4-5-17(8-11-20-22(25-16(3)27)15(2)26-30-20)12-21(14)31(28,29)24-13-18-6-9-19(23)10-7-18/h4-12,24H,13H2,1-3H3,(H,25,27)/b11-8-. The predicted octanol–water partition coefficient (Wildman–Crippen LogP) is 4.04. The highest BCUT2D eigenvalue weighted by Gasteiger charge is 2.17. The zero-order valence-corrected chi connectivity index (χ0v) is 18.1. The fraction of sp³-hybridized carbons (Fsp3) is 0.182. The molecule has 0 aliphatic carbocycles. The topological polar surface area (TPSA) is 101 Å². The van der Waals surface area contributed by atoms with E-state index < -0.39 is 10.0 Å². The van der Waals surface area contributed by atoms with Gasteiger partial charge in [0, 0.05) is 13.5 Å². The van der Waals surface area contributed by atoms with E-state index >= 15 is 0 Å². The molecule has 0 aliphatic heterocycles. The Hall–Kier alpha value is -3.30. The van der Waals surface area contributed by atoms with Crippen LogP contribution in [-0.2, 0) is 21.4 Å². The maximum absolute atomic E-state index is 13.0. The van der Waals surface area contributed by atoms with Crippen molar-refractivity contribution >= 4 is 33.8 Å². The number of halogens is 1. The lowest BCUT2D eigenvalue weighted by Crippen LogP contribution is -2.24. The van der Waals surface area contributed by atoms with Gasteiger partial charge in [0.25, 0.3) is 0 Å². The average molecular weight is 444 g/mol. The largest absolute Gasteiger partial charge is 0.354 e. The SMILES string of the molecule is CC(=O)Nc1c(C)noc1/C=C\c1ccc(C)c(S(=O)(=O)NCc2ccc(F)cc2)c1. The molecular weight excluding hydrogens is 421 g/mol. The molecule has 2 N–H and O–H groups in total. The molecule has 3 aromatic rings. The van der Waals surface area contributed by atoms with Gasteiger partial charge in [-0.3, -0.25) is 4.79 Å². The van der Waals surface area contributed by atoms with Crippen LogP contribution < -0.4 is 10.0 Å². The van der Waals surface area contributed by atoms with Gasteiger partial charge in [0.15, 0.2) is 5.76 Å². The van der Waals surface area contributed by atoms with E-state index in [9.17, 15) is 17.6 Å². The third-order valence-corrected chi connectivity index (χ3v) is 6.04. The molecule has 0 saturated heterocycles. The van der Waals surface area contributed by atoms with E-state index in [0.717, 1.165) is 0 Å². The second-order valence-electron chi connectivity index (χ2n) is 7.00. The van der Waals surface area contributed by atoms with Crippen molar-refractivity contribution < 1.29 is 22.1 Å². The summed E-state index contributed by atoms with van der Waals surface area (Å²) in [6, 6.07) is 10.6. The Labute approximate surface area is 180 Å². The van der Waals surface area contributed by atoms with Crippen LogP contribution in [0.3, 0.4) is 0 Å². The Morgan fingerprint density at radius 2 is 1.84 bits per heavy atom. The maximum atomic E-state index is 13.0. The van der Waals surface area contributed by atoms with Crippen molar-refractivity contribution in [2.24, 2.45) is 0 Å². The Morgan fingerprint density at radius 1 is 1.13 bits per heavy atom. The monoisotopic (exact) mass is 443 g/mol. The van der Waals surface area contributed by atoms with Crippen LogP contribution in [0, 0.1) is 19.7 Å². The lowest BCUT2D eigenvalue weighted by molar-refractivity contribution is -0.114. The van der Waals surface area contributed by atoms with Crippen LogP contribution in [0.15, 0.2) is 51.9 Å². The molecule has 9 heteroatoms. The number of sulfonamides is 1. The number of carbonyl (C=O) groups excluding carboxylic acids is 1. The van der Waals surface area contributed by atoms with Gasteiger partial charge in [0.2, 0.25) is 15.9 Å². The molecule has 0 saturated carbocycles. The van der Waals surface area contributed by atoms with Gasteiger partial charge in [-0.05, 0) is 54.8 Å². The zero-order valence-electron chi connectivity index (χ0n) is 17.3. The van der Waals surface area contributed by atoms with Crippen molar-refractivity contribution in [3.8, 4) is 0 Å². The van der Waals surface area contributed by atoms with E-state index in [1.54, 1.807) is 44.2 Å². The van der Waals surface area contributed by atoms with Crippen LogP contribution in [0.1, 0.15) is 35.1 Å². The van der Waals surface area contributed by atoms with Gasteiger partial charge in [-0.2, -0.15) is 0 Å². The summed E-state index contributed by atoms with van der Waals surface area (Å²) in [6.45, 7) is 4.83. The van der Waals surface area contributed by atoms with E-state index in [0.29, 0.717) is 33.8 Å². The van der Waals surface area contributed by atoms with E-state index in [2.05, 4.69) is 15.2 Å². The predicted molar refractivity (Wildman–Crippen MR) is 116 cm³/mol. The van der Waals surface area contributed by atoms with Crippen LogP contribution in [-0.4, -0.2) is 19.5 Å². The first-order valence-electron chi connectivity index (χ1n) is 9.42. The molecule has 1 aromatic heterocycles. The number of benzene rings is 2. The molecule has 0 fully saturated rings. The number of nitrogens with zero attached hydrogens (tertiary/aromatic N) is 1. The minimum atomic E-state index is -3.80. The highest BCUT2D eigenvalue weighted by molar-refractivity contribution is 7.89. The molecule has 7 nitrogen and oxygen atoms in total. The average Bonchev–Trinajstić information content (AvgIpc) is 3.06. The third-order valence-electron chi connectivity index (χ3n) is 4.50. The van der Waals surface area contributed by atoms with Crippen LogP contribution in [0.4, 0.5) is 10.1 Å². The number of nitrogens with one attached hydrogen (secondary N) is 2. The van der Waals surface area contributed by atoms with Crippen molar-refractivity contribution in [2.45, 2.75) is 32.2 Å². The Kier molecular flexibility index (Phi) is 6.67. The minimum Gasteiger partial charge on any atom is -0.354 e. The summed E-state index contributed by atoms with van der Waals surface area (Å²) in [4.78, 5) is 11.5. The number of carbonyl (C=O) groups is 1. The minimum absolute atomic E-state index is 0.0412. The molecule has 0 bridgehead atoms. The molecule has 0 aliphatic rings. The molecule has 1 heterocycles. The Balaban J connectivity index is 1.82. The van der Waals surface area contributed by atoms with Gasteiger partial charge < -0.3 is 9.84 Å². The van der Waals surface area contributed by atoms with Crippen molar-refractivity contribution in [3.63, 3.8) is 0 Å². The zero-order chi connectivity index (χ0) is 22.6. The molecule has 0 radical (unpaired) electrons. The number of aryl methyl sites for hydroxylation is 2. The lowest BCUT2D eigenvalue weighted by Gasteiger charge is -2.10. The molecule has 0 atom stereocenters. The summed E-state index contributed by atoms with van der Waals surface area (Å²) in [6.07, 6.45) is 3.28. The first-order valence-corrected chi connectivity index (χ1v) is 10.9. The second-order valence-corrected chi connectivity index (χ2v) is 8.73. The number of rotatable bonds is 7. The third kappa shape index (κ3) is 5.65. The van der Waals surface area contributed by atoms with Gasteiger partial charge in [-0.15, -0.1) is 0 Å². The molecule has 3 rings (SSSR count). The number of aromatic nitrogens is 1. The number of anilines is 1. The maximum Gasteiger partial charge on any atom is 0.241 e. The molecular formula is C22H22FN3O4S. The first-order chi connectivity index (χ1) is 14.7. The lowest BCUT2D eigenvalue weighted by atomic mass is 10.1. The summed E-state index contributed by atoms with van der Waals surface area (Å²) in [5.41, 5.74) is 2.84. The van der Waals surface area contributed by atoms with Crippen LogP contribution in [0.25, 0.3) is 12.2 Å². The molecule has 0 unspecified atom stereocenters. The number of amides is 1. The van der Waals surface area contributed by atoms with E-state index in [1.807, 2.05) is 0 Å². The van der Waals surface area contributed by atoms with E-state index in [-0.39, 0.29) is 23.2 Å². The summed E-state index contributed by atoms with van der Waals surface area (Å²) in [5.74, 6) is -0.283. The van der Waals surface area contributed by atoms with Crippen molar-refractivity contribution in [1.82, 2.24) is 9.88 Å². The first kappa shape index (κ1) is 22.4. The van der Waals surface area contributed by atoms with Gasteiger partial charge in [-0.25, -0.2) is 17.5 Å². The Morgan fingerprint density at radius 3 is 2.52 bits per heavy atom.